The van der Waals surface area contributed by atoms with Crippen LogP contribution >= 0.6 is 0 Å². The Hall–Kier alpha value is -0.850. The lowest BCUT2D eigenvalue weighted by molar-refractivity contribution is 0.236. The minimum Gasteiger partial charge on any atom is -0.446 e. The quantitative estimate of drug-likeness (QED) is 0.789. The van der Waals surface area contributed by atoms with Gasteiger partial charge in [0.05, 0.1) is 0 Å². The Bertz CT molecular complexity index is 450. The van der Waals surface area contributed by atoms with Crippen molar-refractivity contribution in [2.45, 2.75) is 31.1 Å². The van der Waals surface area contributed by atoms with Gasteiger partial charge in [-0.25, -0.2) is 13.1 Å². The molecule has 2 N–H and O–H groups in total. The van der Waals surface area contributed by atoms with Crippen molar-refractivity contribution < 1.29 is 17.9 Å². The minimum absolute atomic E-state index is 0.0256. The monoisotopic (exact) mass is 231 g/mol. The fourth-order valence-electron chi connectivity index (χ4n) is 1.33. The molecule has 2 rings (SSSR count). The standard InChI is InChI=1S/C9H13NO4S/c1-6-4-8(6)10-15(12,13)9-3-2-7(5-11)14-9/h2-3,6,8,10-11H,4-5H2,1H3. The van der Waals surface area contributed by atoms with Crippen molar-refractivity contribution in [2.24, 2.45) is 5.92 Å². The van der Waals surface area contributed by atoms with Crippen LogP contribution in [0.25, 0.3) is 0 Å². The van der Waals surface area contributed by atoms with Crippen LogP contribution in [-0.2, 0) is 16.6 Å². The number of aliphatic hydroxyl groups excluding tert-OH is 1. The molecule has 6 heteroatoms. The van der Waals surface area contributed by atoms with Gasteiger partial charge in [0, 0.05) is 6.04 Å². The molecule has 1 aliphatic carbocycles. The summed E-state index contributed by atoms with van der Waals surface area (Å²) >= 11 is 0. The van der Waals surface area contributed by atoms with Gasteiger partial charge in [0.15, 0.2) is 0 Å². The number of rotatable bonds is 4. The Balaban J connectivity index is 2.14. The second-order valence-electron chi connectivity index (χ2n) is 3.82. The zero-order valence-corrected chi connectivity index (χ0v) is 9.12. The van der Waals surface area contributed by atoms with Crippen LogP contribution in [0.3, 0.4) is 0 Å². The van der Waals surface area contributed by atoms with Crippen molar-refractivity contribution in [2.75, 3.05) is 0 Å². The molecule has 1 fully saturated rings. The first-order valence-corrected chi connectivity index (χ1v) is 6.23. The van der Waals surface area contributed by atoms with Crippen LogP contribution in [0, 0.1) is 5.92 Å². The summed E-state index contributed by atoms with van der Waals surface area (Å²) in [7, 11) is -3.55. The molecule has 1 aromatic heterocycles. The number of aliphatic hydroxyl groups is 1. The van der Waals surface area contributed by atoms with E-state index in [2.05, 4.69) is 4.72 Å². The number of hydrogen-bond acceptors (Lipinski definition) is 4. The van der Waals surface area contributed by atoms with E-state index in [0.717, 1.165) is 6.42 Å². The van der Waals surface area contributed by atoms with Gasteiger partial charge < -0.3 is 9.52 Å². The average Bonchev–Trinajstić information content (AvgIpc) is 2.72. The van der Waals surface area contributed by atoms with E-state index in [0.29, 0.717) is 5.92 Å². The summed E-state index contributed by atoms with van der Waals surface area (Å²) in [4.78, 5) is 0. The van der Waals surface area contributed by atoms with Crippen molar-refractivity contribution in [3.63, 3.8) is 0 Å². The smallest absolute Gasteiger partial charge is 0.274 e. The highest BCUT2D eigenvalue weighted by Crippen LogP contribution is 2.30. The van der Waals surface area contributed by atoms with Crippen LogP contribution in [0.5, 0.6) is 0 Å². The summed E-state index contributed by atoms with van der Waals surface area (Å²) in [5, 5.41) is 8.61. The van der Waals surface area contributed by atoms with Gasteiger partial charge in [-0.15, -0.1) is 0 Å². The molecule has 2 atom stereocenters. The molecule has 0 radical (unpaired) electrons. The fourth-order valence-corrected chi connectivity index (χ4v) is 2.64. The minimum atomic E-state index is -3.55. The lowest BCUT2D eigenvalue weighted by Crippen LogP contribution is -2.26. The van der Waals surface area contributed by atoms with E-state index >= 15 is 0 Å². The molecule has 84 valence electrons. The number of sulfonamides is 1. The highest BCUT2D eigenvalue weighted by molar-refractivity contribution is 7.89. The predicted molar refractivity (Wildman–Crippen MR) is 52.5 cm³/mol. The molecular weight excluding hydrogens is 218 g/mol. The Morgan fingerprint density at radius 3 is 2.73 bits per heavy atom. The van der Waals surface area contributed by atoms with E-state index in [9.17, 15) is 8.42 Å². The van der Waals surface area contributed by atoms with Crippen LogP contribution in [0.1, 0.15) is 19.1 Å². The van der Waals surface area contributed by atoms with Gasteiger partial charge in [0.2, 0.25) is 5.09 Å². The molecule has 1 saturated carbocycles. The second-order valence-corrected chi connectivity index (χ2v) is 5.46. The summed E-state index contributed by atoms with van der Waals surface area (Å²) in [6, 6.07) is 2.82. The van der Waals surface area contributed by atoms with E-state index in [-0.39, 0.29) is 23.5 Å². The summed E-state index contributed by atoms with van der Waals surface area (Å²) in [5.74, 6) is 0.645. The average molecular weight is 231 g/mol. The lowest BCUT2D eigenvalue weighted by Gasteiger charge is -2.01. The van der Waals surface area contributed by atoms with Crippen LogP contribution in [0.4, 0.5) is 0 Å². The van der Waals surface area contributed by atoms with Crippen molar-refractivity contribution in [1.29, 1.82) is 0 Å². The molecule has 0 aromatic carbocycles. The molecule has 5 nitrogen and oxygen atoms in total. The second kappa shape index (κ2) is 3.62. The Morgan fingerprint density at radius 2 is 2.27 bits per heavy atom. The van der Waals surface area contributed by atoms with Crippen LogP contribution in [0.2, 0.25) is 0 Å². The third kappa shape index (κ3) is 2.22. The molecule has 0 saturated heterocycles. The molecule has 1 heterocycles. The molecule has 1 aliphatic rings. The van der Waals surface area contributed by atoms with E-state index in [1.54, 1.807) is 0 Å². The maximum Gasteiger partial charge on any atom is 0.274 e. The summed E-state index contributed by atoms with van der Waals surface area (Å²) in [5.41, 5.74) is 0. The summed E-state index contributed by atoms with van der Waals surface area (Å²) < 4.78 is 30.8. The van der Waals surface area contributed by atoms with Gasteiger partial charge in [-0.1, -0.05) is 6.92 Å². The van der Waals surface area contributed by atoms with Gasteiger partial charge in [-0.2, -0.15) is 0 Å². The molecule has 2 unspecified atom stereocenters. The van der Waals surface area contributed by atoms with Gasteiger partial charge in [0.25, 0.3) is 10.0 Å². The number of nitrogens with one attached hydrogen (secondary N) is 1. The zero-order valence-electron chi connectivity index (χ0n) is 8.30. The highest BCUT2D eigenvalue weighted by Gasteiger charge is 2.37. The molecule has 0 aliphatic heterocycles. The van der Waals surface area contributed by atoms with Gasteiger partial charge >= 0.3 is 0 Å². The first-order valence-electron chi connectivity index (χ1n) is 4.75. The van der Waals surface area contributed by atoms with E-state index in [1.165, 1.54) is 12.1 Å². The topological polar surface area (TPSA) is 79.5 Å². The summed E-state index contributed by atoms with van der Waals surface area (Å²) in [6.45, 7) is 1.68. The van der Waals surface area contributed by atoms with Crippen LogP contribution in [0.15, 0.2) is 21.6 Å². The Kier molecular flexibility index (Phi) is 2.57. The van der Waals surface area contributed by atoms with Crippen LogP contribution in [-0.4, -0.2) is 19.6 Å². The summed E-state index contributed by atoms with van der Waals surface area (Å²) in [6.07, 6.45) is 0.868. The molecule has 15 heavy (non-hydrogen) atoms. The SMILES string of the molecule is CC1CC1NS(=O)(=O)c1ccc(CO)o1. The fraction of sp³-hybridized carbons (Fsp3) is 0.556. The van der Waals surface area contributed by atoms with E-state index < -0.39 is 10.0 Å². The number of hydrogen-bond donors (Lipinski definition) is 2. The van der Waals surface area contributed by atoms with Gasteiger partial charge in [-0.05, 0) is 24.5 Å². The molecule has 0 amide bonds. The third-order valence-electron chi connectivity index (χ3n) is 2.47. The normalized spacial score (nSPS) is 25.5. The lowest BCUT2D eigenvalue weighted by atomic mass is 10.5. The molecule has 0 spiro atoms. The third-order valence-corrected chi connectivity index (χ3v) is 3.84. The van der Waals surface area contributed by atoms with E-state index in [4.69, 9.17) is 9.52 Å². The number of furan rings is 1. The largest absolute Gasteiger partial charge is 0.446 e. The maximum atomic E-state index is 11.7. The maximum absolute atomic E-state index is 11.7. The first-order chi connectivity index (χ1) is 7.03. The van der Waals surface area contributed by atoms with Crippen molar-refractivity contribution in [3.05, 3.63) is 17.9 Å². The predicted octanol–water partition coefficient (Wildman–Crippen LogP) is 0.459. The van der Waals surface area contributed by atoms with Crippen LogP contribution < -0.4 is 4.72 Å². The van der Waals surface area contributed by atoms with Gasteiger partial charge in [-0.3, -0.25) is 0 Å². The molecule has 1 aromatic rings. The molecule has 0 bridgehead atoms. The van der Waals surface area contributed by atoms with E-state index in [1.807, 2.05) is 6.92 Å². The van der Waals surface area contributed by atoms with Crippen molar-refractivity contribution >= 4 is 10.0 Å². The highest BCUT2D eigenvalue weighted by atomic mass is 32.2. The first kappa shape index (κ1) is 10.7. The van der Waals surface area contributed by atoms with Gasteiger partial charge in [0.1, 0.15) is 12.4 Å². The molecular formula is C9H13NO4S. The Morgan fingerprint density at radius 1 is 1.60 bits per heavy atom. The Labute approximate surface area is 88.1 Å². The van der Waals surface area contributed by atoms with Crippen molar-refractivity contribution in [3.8, 4) is 0 Å². The van der Waals surface area contributed by atoms with Crippen molar-refractivity contribution in [1.82, 2.24) is 4.72 Å². The zero-order chi connectivity index (χ0) is 11.1.